The number of likely N-dealkylation sites (N-methyl/N-ethyl adjacent to an activating group) is 1. The molecule has 0 radical (unpaired) electrons. The van der Waals surface area contributed by atoms with Crippen LogP contribution < -0.4 is 0 Å². The Balaban J connectivity index is 1.72. The molecule has 6 nitrogen and oxygen atoms in total. The SMILES string of the molecule is CN(C)C1CCCN(C(=O)c2ccc(-n3ccnn3)cc2)C1. The largest absolute Gasteiger partial charge is 0.337 e. The summed E-state index contributed by atoms with van der Waals surface area (Å²) in [6.07, 6.45) is 5.63. The third kappa shape index (κ3) is 3.01. The van der Waals surface area contributed by atoms with Gasteiger partial charge in [-0.3, -0.25) is 4.79 Å². The zero-order valence-electron chi connectivity index (χ0n) is 13.0. The van der Waals surface area contributed by atoms with E-state index in [9.17, 15) is 4.79 Å². The van der Waals surface area contributed by atoms with E-state index in [0.717, 1.165) is 37.2 Å². The number of hydrogen-bond acceptors (Lipinski definition) is 4. The van der Waals surface area contributed by atoms with Crippen molar-refractivity contribution in [3.63, 3.8) is 0 Å². The molecule has 1 aromatic heterocycles. The topological polar surface area (TPSA) is 54.3 Å². The lowest BCUT2D eigenvalue weighted by Gasteiger charge is -2.36. The third-order valence-electron chi connectivity index (χ3n) is 4.22. The first kappa shape index (κ1) is 14.7. The number of rotatable bonds is 3. The van der Waals surface area contributed by atoms with Gasteiger partial charge in [0, 0.05) is 24.7 Å². The van der Waals surface area contributed by atoms with E-state index in [2.05, 4.69) is 29.3 Å². The smallest absolute Gasteiger partial charge is 0.253 e. The van der Waals surface area contributed by atoms with Crippen LogP contribution in [0.1, 0.15) is 23.2 Å². The van der Waals surface area contributed by atoms with Gasteiger partial charge in [-0.25, -0.2) is 4.68 Å². The molecule has 1 aromatic carbocycles. The first-order valence-electron chi connectivity index (χ1n) is 7.57. The summed E-state index contributed by atoms with van der Waals surface area (Å²) in [5.41, 5.74) is 1.63. The van der Waals surface area contributed by atoms with Crippen LogP contribution in [0.4, 0.5) is 0 Å². The standard InChI is InChI=1S/C16H21N5O/c1-19(2)15-4-3-10-20(12-15)16(22)13-5-7-14(8-6-13)21-11-9-17-18-21/h5-9,11,15H,3-4,10,12H2,1-2H3. The lowest BCUT2D eigenvalue weighted by Crippen LogP contribution is -2.47. The Morgan fingerprint density at radius 2 is 2.05 bits per heavy atom. The van der Waals surface area contributed by atoms with Gasteiger partial charge in [0.25, 0.3) is 5.91 Å². The molecule has 0 spiro atoms. The highest BCUT2D eigenvalue weighted by Crippen LogP contribution is 2.17. The molecule has 2 aromatic rings. The van der Waals surface area contributed by atoms with Gasteiger partial charge in [0.2, 0.25) is 0 Å². The molecule has 1 saturated heterocycles. The maximum Gasteiger partial charge on any atom is 0.253 e. The Kier molecular flexibility index (Phi) is 4.20. The molecule has 1 aliphatic rings. The molecule has 0 bridgehead atoms. The summed E-state index contributed by atoms with van der Waals surface area (Å²) in [4.78, 5) is 16.8. The number of piperidine rings is 1. The molecular formula is C16H21N5O. The number of benzene rings is 1. The van der Waals surface area contributed by atoms with Gasteiger partial charge in [-0.2, -0.15) is 0 Å². The van der Waals surface area contributed by atoms with Gasteiger partial charge in [0.05, 0.1) is 18.1 Å². The van der Waals surface area contributed by atoms with E-state index in [4.69, 9.17) is 0 Å². The van der Waals surface area contributed by atoms with Gasteiger partial charge in [-0.1, -0.05) is 5.21 Å². The molecule has 2 heterocycles. The summed E-state index contributed by atoms with van der Waals surface area (Å²) in [5, 5.41) is 7.73. The van der Waals surface area contributed by atoms with Gasteiger partial charge < -0.3 is 9.80 Å². The fourth-order valence-corrected chi connectivity index (χ4v) is 2.85. The van der Waals surface area contributed by atoms with Gasteiger partial charge in [0.1, 0.15) is 0 Å². The number of carbonyl (C=O) groups is 1. The van der Waals surface area contributed by atoms with E-state index in [0.29, 0.717) is 6.04 Å². The van der Waals surface area contributed by atoms with Crippen LogP contribution in [0.5, 0.6) is 0 Å². The predicted octanol–water partition coefficient (Wildman–Crippen LogP) is 1.43. The van der Waals surface area contributed by atoms with Crippen LogP contribution in [0.25, 0.3) is 5.69 Å². The van der Waals surface area contributed by atoms with E-state index in [1.165, 1.54) is 0 Å². The van der Waals surface area contributed by atoms with Crippen molar-refractivity contribution in [3.05, 3.63) is 42.2 Å². The molecule has 0 saturated carbocycles. The van der Waals surface area contributed by atoms with Gasteiger partial charge >= 0.3 is 0 Å². The zero-order chi connectivity index (χ0) is 15.5. The minimum atomic E-state index is 0.108. The number of aromatic nitrogens is 3. The fraction of sp³-hybridized carbons (Fsp3) is 0.438. The van der Waals surface area contributed by atoms with Crippen molar-refractivity contribution in [2.24, 2.45) is 0 Å². The van der Waals surface area contributed by atoms with Gasteiger partial charge in [0.15, 0.2) is 0 Å². The minimum absolute atomic E-state index is 0.108. The summed E-state index contributed by atoms with van der Waals surface area (Å²) in [7, 11) is 4.15. The number of nitrogens with zero attached hydrogens (tertiary/aromatic N) is 5. The maximum atomic E-state index is 12.6. The van der Waals surface area contributed by atoms with Crippen LogP contribution in [0.2, 0.25) is 0 Å². The maximum absolute atomic E-state index is 12.6. The molecule has 3 rings (SSSR count). The molecule has 1 unspecified atom stereocenters. The van der Waals surface area contributed by atoms with E-state index in [1.54, 1.807) is 17.1 Å². The zero-order valence-corrected chi connectivity index (χ0v) is 13.0. The summed E-state index contributed by atoms with van der Waals surface area (Å²) < 4.78 is 1.68. The third-order valence-corrected chi connectivity index (χ3v) is 4.22. The molecule has 1 atom stereocenters. The van der Waals surface area contributed by atoms with E-state index in [-0.39, 0.29) is 5.91 Å². The fourth-order valence-electron chi connectivity index (χ4n) is 2.85. The van der Waals surface area contributed by atoms with E-state index in [1.807, 2.05) is 29.2 Å². The second-order valence-electron chi connectivity index (χ2n) is 5.91. The molecule has 1 aliphatic heterocycles. The van der Waals surface area contributed by atoms with Crippen molar-refractivity contribution in [3.8, 4) is 5.69 Å². The lowest BCUT2D eigenvalue weighted by atomic mass is 10.0. The van der Waals surface area contributed by atoms with Crippen LogP contribution in [-0.4, -0.2) is 63.9 Å². The Morgan fingerprint density at radius 3 is 2.68 bits per heavy atom. The normalized spacial score (nSPS) is 18.7. The highest BCUT2D eigenvalue weighted by molar-refractivity contribution is 5.94. The van der Waals surface area contributed by atoms with Gasteiger partial charge in [-0.15, -0.1) is 5.10 Å². The molecule has 1 fully saturated rings. The highest BCUT2D eigenvalue weighted by Gasteiger charge is 2.25. The van der Waals surface area contributed by atoms with Crippen molar-refractivity contribution in [2.45, 2.75) is 18.9 Å². The summed E-state index contributed by atoms with van der Waals surface area (Å²) in [6.45, 7) is 1.64. The van der Waals surface area contributed by atoms with Crippen molar-refractivity contribution < 1.29 is 4.79 Å². The molecule has 0 aliphatic carbocycles. The number of carbonyl (C=O) groups excluding carboxylic acids is 1. The quantitative estimate of drug-likeness (QED) is 0.860. The predicted molar refractivity (Wildman–Crippen MR) is 84.0 cm³/mol. The van der Waals surface area contributed by atoms with E-state index >= 15 is 0 Å². The second kappa shape index (κ2) is 6.27. The first-order valence-corrected chi connectivity index (χ1v) is 7.57. The van der Waals surface area contributed by atoms with E-state index < -0.39 is 0 Å². The van der Waals surface area contributed by atoms with Crippen molar-refractivity contribution in [1.29, 1.82) is 0 Å². The Labute approximate surface area is 130 Å². The Hall–Kier alpha value is -2.21. The number of likely N-dealkylation sites (tertiary alicyclic amines) is 1. The van der Waals surface area contributed by atoms with Crippen LogP contribution in [-0.2, 0) is 0 Å². The van der Waals surface area contributed by atoms with Crippen molar-refractivity contribution >= 4 is 5.91 Å². The molecule has 116 valence electrons. The summed E-state index contributed by atoms with van der Waals surface area (Å²) in [6, 6.07) is 7.97. The number of hydrogen-bond donors (Lipinski definition) is 0. The average molecular weight is 299 g/mol. The van der Waals surface area contributed by atoms with Crippen LogP contribution >= 0.6 is 0 Å². The number of amides is 1. The van der Waals surface area contributed by atoms with Crippen LogP contribution in [0.15, 0.2) is 36.7 Å². The highest BCUT2D eigenvalue weighted by atomic mass is 16.2. The van der Waals surface area contributed by atoms with Crippen LogP contribution in [0.3, 0.4) is 0 Å². The Morgan fingerprint density at radius 1 is 1.27 bits per heavy atom. The average Bonchev–Trinajstić information content (AvgIpc) is 3.09. The monoisotopic (exact) mass is 299 g/mol. The summed E-state index contributed by atoms with van der Waals surface area (Å²) in [5.74, 6) is 0.108. The summed E-state index contributed by atoms with van der Waals surface area (Å²) >= 11 is 0. The van der Waals surface area contributed by atoms with Gasteiger partial charge in [-0.05, 0) is 51.2 Å². The van der Waals surface area contributed by atoms with Crippen molar-refractivity contribution in [2.75, 3.05) is 27.2 Å². The lowest BCUT2D eigenvalue weighted by molar-refractivity contribution is 0.0635. The minimum Gasteiger partial charge on any atom is -0.337 e. The molecule has 6 heteroatoms. The molecule has 1 amide bonds. The van der Waals surface area contributed by atoms with Crippen molar-refractivity contribution in [1.82, 2.24) is 24.8 Å². The molecule has 22 heavy (non-hydrogen) atoms. The molecule has 0 N–H and O–H groups in total. The second-order valence-corrected chi connectivity index (χ2v) is 5.91. The van der Waals surface area contributed by atoms with Crippen LogP contribution in [0, 0.1) is 0 Å². The molecular weight excluding hydrogens is 278 g/mol. The Bertz CT molecular complexity index is 620. The first-order chi connectivity index (χ1) is 10.6.